The first-order valence-corrected chi connectivity index (χ1v) is 9.16. The first-order valence-electron chi connectivity index (χ1n) is 9.16. The number of hydrogen-bond acceptors (Lipinski definition) is 5. The van der Waals surface area contributed by atoms with Crippen LogP contribution in [0.5, 0.6) is 0 Å². The van der Waals surface area contributed by atoms with Gasteiger partial charge >= 0.3 is 5.97 Å². The second-order valence-corrected chi connectivity index (χ2v) is 6.72. The fraction of sp³-hybridized carbons (Fsp3) is 0.286. The number of amides is 2. The lowest BCUT2D eigenvalue weighted by atomic mass is 10.1. The Morgan fingerprint density at radius 1 is 1.11 bits per heavy atom. The van der Waals surface area contributed by atoms with Gasteiger partial charge in [0.25, 0.3) is 0 Å². The number of rotatable bonds is 8. The quantitative estimate of drug-likeness (QED) is 0.601. The minimum atomic E-state index is -0.936. The van der Waals surface area contributed by atoms with Crippen molar-refractivity contribution in [1.29, 1.82) is 0 Å². The number of fused-ring (bicyclic) bond motifs is 1. The highest BCUT2D eigenvalue weighted by molar-refractivity contribution is 5.91. The van der Waals surface area contributed by atoms with Gasteiger partial charge in [-0.2, -0.15) is 0 Å². The zero-order valence-electron chi connectivity index (χ0n) is 15.4. The van der Waals surface area contributed by atoms with Crippen LogP contribution in [0.1, 0.15) is 24.0 Å². The number of anilines is 1. The molecule has 0 fully saturated rings. The molecule has 1 aliphatic rings. The molecule has 0 radical (unpaired) electrons. The zero-order chi connectivity index (χ0) is 19.9. The maximum absolute atomic E-state index is 12.7. The van der Waals surface area contributed by atoms with E-state index in [0.29, 0.717) is 6.42 Å². The Labute approximate surface area is 163 Å². The van der Waals surface area contributed by atoms with E-state index in [1.54, 1.807) is 0 Å². The molecule has 1 heterocycles. The fourth-order valence-electron chi connectivity index (χ4n) is 3.09. The van der Waals surface area contributed by atoms with Gasteiger partial charge in [-0.1, -0.05) is 48.5 Å². The van der Waals surface area contributed by atoms with Crippen molar-refractivity contribution in [2.45, 2.75) is 38.0 Å². The van der Waals surface area contributed by atoms with Crippen LogP contribution in [-0.2, 0) is 32.1 Å². The van der Waals surface area contributed by atoms with Gasteiger partial charge < -0.3 is 21.1 Å². The van der Waals surface area contributed by atoms with Gasteiger partial charge in [0.2, 0.25) is 11.8 Å². The second-order valence-electron chi connectivity index (χ2n) is 6.72. The number of para-hydroxylation sites is 1. The average Bonchev–Trinajstić information content (AvgIpc) is 3.14. The summed E-state index contributed by atoms with van der Waals surface area (Å²) in [4.78, 5) is 36.3. The van der Waals surface area contributed by atoms with Gasteiger partial charge in [-0.15, -0.1) is 0 Å². The van der Waals surface area contributed by atoms with E-state index < -0.39 is 24.0 Å². The van der Waals surface area contributed by atoms with E-state index in [0.717, 1.165) is 16.8 Å². The van der Waals surface area contributed by atoms with Crippen molar-refractivity contribution in [3.63, 3.8) is 0 Å². The van der Waals surface area contributed by atoms with E-state index >= 15 is 0 Å². The molecule has 0 unspecified atom stereocenters. The molecule has 7 nitrogen and oxygen atoms in total. The van der Waals surface area contributed by atoms with Gasteiger partial charge in [0.1, 0.15) is 18.7 Å². The summed E-state index contributed by atoms with van der Waals surface area (Å²) >= 11 is 0. The van der Waals surface area contributed by atoms with E-state index in [9.17, 15) is 14.4 Å². The van der Waals surface area contributed by atoms with Crippen LogP contribution in [0.3, 0.4) is 0 Å². The largest absolute Gasteiger partial charge is 0.459 e. The Morgan fingerprint density at radius 2 is 1.82 bits per heavy atom. The summed E-state index contributed by atoms with van der Waals surface area (Å²) in [6, 6.07) is 15.5. The topological polar surface area (TPSA) is 111 Å². The van der Waals surface area contributed by atoms with E-state index in [4.69, 9.17) is 10.5 Å². The first-order chi connectivity index (χ1) is 13.5. The Kier molecular flexibility index (Phi) is 6.26. The van der Waals surface area contributed by atoms with E-state index in [2.05, 4.69) is 10.6 Å². The van der Waals surface area contributed by atoms with E-state index in [-0.39, 0.29) is 25.4 Å². The van der Waals surface area contributed by atoms with Gasteiger partial charge in [0.15, 0.2) is 0 Å². The fourth-order valence-corrected chi connectivity index (χ4v) is 3.09. The van der Waals surface area contributed by atoms with Crippen LogP contribution in [0.2, 0.25) is 0 Å². The van der Waals surface area contributed by atoms with Crippen molar-refractivity contribution in [2.24, 2.45) is 5.73 Å². The molecule has 2 aromatic carbocycles. The van der Waals surface area contributed by atoms with Crippen LogP contribution in [0, 0.1) is 0 Å². The van der Waals surface area contributed by atoms with Gasteiger partial charge in [0.05, 0.1) is 0 Å². The van der Waals surface area contributed by atoms with Crippen LogP contribution in [0.25, 0.3) is 0 Å². The number of nitrogens with two attached hydrogens (primary N) is 1. The number of nitrogens with one attached hydrogen (secondary N) is 2. The maximum atomic E-state index is 12.7. The molecule has 7 heteroatoms. The highest BCUT2D eigenvalue weighted by Crippen LogP contribution is 2.25. The van der Waals surface area contributed by atoms with E-state index in [1.165, 1.54) is 0 Å². The highest BCUT2D eigenvalue weighted by Gasteiger charge is 2.30. The molecule has 3 rings (SSSR count). The zero-order valence-corrected chi connectivity index (χ0v) is 15.4. The molecule has 0 aromatic heterocycles. The maximum Gasteiger partial charge on any atom is 0.328 e. The molecule has 4 N–H and O–H groups in total. The summed E-state index contributed by atoms with van der Waals surface area (Å²) in [5.41, 5.74) is 7.99. The van der Waals surface area contributed by atoms with Crippen LogP contribution in [-0.4, -0.2) is 29.9 Å². The summed E-state index contributed by atoms with van der Waals surface area (Å²) in [6.07, 6.45) is 0.599. The van der Waals surface area contributed by atoms with Crippen molar-refractivity contribution < 1.29 is 19.1 Å². The summed E-state index contributed by atoms with van der Waals surface area (Å²) in [7, 11) is 0. The molecule has 2 amide bonds. The Morgan fingerprint density at radius 3 is 2.54 bits per heavy atom. The molecule has 1 aliphatic heterocycles. The monoisotopic (exact) mass is 381 g/mol. The normalized spacial score (nSPS) is 15.8. The molecule has 0 spiro atoms. The molecule has 0 bridgehead atoms. The smallest absolute Gasteiger partial charge is 0.328 e. The van der Waals surface area contributed by atoms with E-state index in [1.807, 2.05) is 54.6 Å². The predicted octanol–water partition coefficient (Wildman–Crippen LogP) is 1.52. The number of carbonyl (C=O) groups excluding carboxylic acids is 3. The van der Waals surface area contributed by atoms with Gasteiger partial charge in [-0.05, 0) is 23.6 Å². The molecule has 2 atom stereocenters. The Balaban J connectivity index is 1.60. The summed E-state index contributed by atoms with van der Waals surface area (Å²) in [5.74, 6) is -1.45. The third kappa shape index (κ3) is 5.09. The standard InChI is InChI=1S/C21H23N3O4/c22-19(25)11-10-17(21(27)28-13-14-6-2-1-3-7-14)24-20(26)18-12-15-8-4-5-9-16(15)23-18/h1-9,17-18,23H,10-13H2,(H2,22,25)(H,24,26)/t17-,18-/m0/s1. The third-order valence-corrected chi connectivity index (χ3v) is 4.59. The summed E-state index contributed by atoms with van der Waals surface area (Å²) in [5, 5.41) is 5.85. The molecular weight excluding hydrogens is 358 g/mol. The number of primary amides is 1. The van der Waals surface area contributed by atoms with Gasteiger partial charge in [0, 0.05) is 18.5 Å². The van der Waals surface area contributed by atoms with Crippen LogP contribution in [0.4, 0.5) is 5.69 Å². The first kappa shape index (κ1) is 19.4. The third-order valence-electron chi connectivity index (χ3n) is 4.59. The Hall–Kier alpha value is -3.35. The van der Waals surface area contributed by atoms with Crippen molar-refractivity contribution in [3.05, 3.63) is 65.7 Å². The van der Waals surface area contributed by atoms with Crippen molar-refractivity contribution in [3.8, 4) is 0 Å². The second kappa shape index (κ2) is 9.03. The predicted molar refractivity (Wildman–Crippen MR) is 104 cm³/mol. The summed E-state index contributed by atoms with van der Waals surface area (Å²) < 4.78 is 5.32. The molecule has 2 aromatic rings. The lowest BCUT2D eigenvalue weighted by Gasteiger charge is -2.20. The highest BCUT2D eigenvalue weighted by atomic mass is 16.5. The molecule has 0 saturated heterocycles. The number of hydrogen-bond donors (Lipinski definition) is 3. The van der Waals surface area contributed by atoms with Crippen LogP contribution >= 0.6 is 0 Å². The number of ether oxygens (including phenoxy) is 1. The van der Waals surface area contributed by atoms with Gasteiger partial charge in [-0.25, -0.2) is 4.79 Å². The lowest BCUT2D eigenvalue weighted by Crippen LogP contribution is -2.48. The average molecular weight is 381 g/mol. The molecule has 0 aliphatic carbocycles. The summed E-state index contributed by atoms with van der Waals surface area (Å²) in [6.45, 7) is 0.0930. The number of esters is 1. The van der Waals surface area contributed by atoms with Gasteiger partial charge in [-0.3, -0.25) is 9.59 Å². The van der Waals surface area contributed by atoms with Crippen LogP contribution in [0.15, 0.2) is 54.6 Å². The number of carbonyl (C=O) groups is 3. The molecule has 146 valence electrons. The number of benzene rings is 2. The Bertz CT molecular complexity index is 829. The van der Waals surface area contributed by atoms with Crippen LogP contribution < -0.4 is 16.4 Å². The van der Waals surface area contributed by atoms with Crippen molar-refractivity contribution >= 4 is 23.5 Å². The minimum Gasteiger partial charge on any atom is -0.459 e. The lowest BCUT2D eigenvalue weighted by molar-refractivity contribution is -0.149. The molecule has 28 heavy (non-hydrogen) atoms. The molecular formula is C21H23N3O4. The SMILES string of the molecule is NC(=O)CC[C@H](NC(=O)[C@@H]1Cc2ccccc2N1)C(=O)OCc1ccccc1. The molecule has 0 saturated carbocycles. The van der Waals surface area contributed by atoms with Crippen molar-refractivity contribution in [2.75, 3.05) is 5.32 Å². The minimum absolute atomic E-state index is 0.0241. The van der Waals surface area contributed by atoms with Crippen molar-refractivity contribution in [1.82, 2.24) is 5.32 Å².